The van der Waals surface area contributed by atoms with Gasteiger partial charge in [0.15, 0.2) is 0 Å². The van der Waals surface area contributed by atoms with Crippen molar-refractivity contribution in [3.63, 3.8) is 0 Å². The first kappa shape index (κ1) is 21.3. The summed E-state index contributed by atoms with van der Waals surface area (Å²) >= 11 is 1.62. The summed E-state index contributed by atoms with van der Waals surface area (Å²) in [4.78, 5) is 13.8. The van der Waals surface area contributed by atoms with E-state index in [1.165, 1.54) is 4.31 Å². The molecule has 1 atom stereocenters. The lowest BCUT2D eigenvalue weighted by Gasteiger charge is -2.29. The molecule has 0 spiro atoms. The summed E-state index contributed by atoms with van der Waals surface area (Å²) in [6.45, 7) is 7.52. The maximum absolute atomic E-state index is 12.9. The molecular formula is C20H26N2O3S2. The van der Waals surface area contributed by atoms with Crippen molar-refractivity contribution in [1.29, 1.82) is 0 Å². The van der Waals surface area contributed by atoms with E-state index in [0.29, 0.717) is 11.4 Å². The van der Waals surface area contributed by atoms with Crippen molar-refractivity contribution >= 4 is 39.1 Å². The lowest BCUT2D eigenvalue weighted by Crippen LogP contribution is -2.45. The molecule has 0 heterocycles. The zero-order valence-corrected chi connectivity index (χ0v) is 17.9. The summed E-state index contributed by atoms with van der Waals surface area (Å²) in [6, 6.07) is 12.0. The average Bonchev–Trinajstić information content (AvgIpc) is 2.59. The van der Waals surface area contributed by atoms with Crippen LogP contribution in [0.3, 0.4) is 0 Å². The monoisotopic (exact) mass is 406 g/mol. The van der Waals surface area contributed by atoms with E-state index in [0.717, 1.165) is 28.0 Å². The van der Waals surface area contributed by atoms with Crippen LogP contribution in [0.25, 0.3) is 0 Å². The molecule has 1 amide bonds. The van der Waals surface area contributed by atoms with Crippen molar-refractivity contribution in [3.8, 4) is 0 Å². The largest absolute Gasteiger partial charge is 0.323 e. The summed E-state index contributed by atoms with van der Waals surface area (Å²) in [6.07, 6.45) is 1.12. The molecule has 1 N–H and O–H groups in total. The van der Waals surface area contributed by atoms with Gasteiger partial charge >= 0.3 is 0 Å². The highest BCUT2D eigenvalue weighted by Crippen LogP contribution is 2.28. The predicted molar refractivity (Wildman–Crippen MR) is 114 cm³/mol. The second kappa shape index (κ2) is 8.80. The summed E-state index contributed by atoms with van der Waals surface area (Å²) < 4.78 is 26.0. The van der Waals surface area contributed by atoms with Gasteiger partial charge in [-0.2, -0.15) is 0 Å². The Labute approximate surface area is 166 Å². The summed E-state index contributed by atoms with van der Waals surface area (Å²) in [5.41, 5.74) is 3.21. The first-order valence-electron chi connectivity index (χ1n) is 8.74. The second-order valence-corrected chi connectivity index (χ2v) is 9.59. The minimum absolute atomic E-state index is 0.372. The predicted octanol–water partition coefficient (Wildman–Crippen LogP) is 4.21. The number of nitrogens with zero attached hydrogens (tertiary/aromatic N) is 1. The van der Waals surface area contributed by atoms with E-state index in [1.54, 1.807) is 30.8 Å². The zero-order valence-electron chi connectivity index (χ0n) is 16.3. The third-order valence-corrected chi connectivity index (χ3v) is 6.48. The van der Waals surface area contributed by atoms with Crippen molar-refractivity contribution in [2.24, 2.45) is 0 Å². The van der Waals surface area contributed by atoms with Crippen LogP contribution in [0.15, 0.2) is 47.4 Å². The number of rotatable bonds is 7. The third-order valence-electron chi connectivity index (χ3n) is 4.28. The van der Waals surface area contributed by atoms with Gasteiger partial charge in [-0.25, -0.2) is 8.42 Å². The van der Waals surface area contributed by atoms with Gasteiger partial charge in [0.25, 0.3) is 0 Å². The van der Waals surface area contributed by atoms with Crippen LogP contribution >= 0.6 is 11.8 Å². The zero-order chi connectivity index (χ0) is 20.2. The van der Waals surface area contributed by atoms with Crippen LogP contribution in [-0.2, 0) is 14.8 Å². The summed E-state index contributed by atoms with van der Waals surface area (Å²) in [7, 11) is -3.64. The molecule has 0 fully saturated rings. The van der Waals surface area contributed by atoms with E-state index >= 15 is 0 Å². The van der Waals surface area contributed by atoms with Crippen LogP contribution in [-0.4, -0.2) is 32.4 Å². The van der Waals surface area contributed by atoms with Gasteiger partial charge in [0.2, 0.25) is 15.9 Å². The van der Waals surface area contributed by atoms with Gasteiger partial charge in [0.05, 0.1) is 17.6 Å². The Kier molecular flexibility index (Phi) is 6.95. The minimum Gasteiger partial charge on any atom is -0.323 e. The van der Waals surface area contributed by atoms with E-state index in [1.807, 2.05) is 51.1 Å². The maximum atomic E-state index is 12.9. The molecule has 0 aliphatic heterocycles. The van der Waals surface area contributed by atoms with Gasteiger partial charge in [-0.05, 0) is 61.9 Å². The fourth-order valence-electron chi connectivity index (χ4n) is 2.76. The van der Waals surface area contributed by atoms with Gasteiger partial charge in [-0.15, -0.1) is 11.8 Å². The molecule has 5 nitrogen and oxygen atoms in total. The molecule has 0 aliphatic carbocycles. The molecule has 0 bridgehead atoms. The van der Waals surface area contributed by atoms with Crippen LogP contribution in [0, 0.1) is 13.8 Å². The number of benzene rings is 2. The topological polar surface area (TPSA) is 66.5 Å². The third kappa shape index (κ3) is 5.26. The van der Waals surface area contributed by atoms with Gasteiger partial charge < -0.3 is 5.32 Å². The molecule has 0 aromatic heterocycles. The van der Waals surface area contributed by atoms with E-state index in [-0.39, 0.29) is 5.91 Å². The minimum atomic E-state index is -3.64. The molecule has 0 saturated carbocycles. The lowest BCUT2D eigenvalue weighted by atomic mass is 10.1. The molecule has 0 radical (unpaired) electrons. The van der Waals surface area contributed by atoms with Crippen LogP contribution in [0.1, 0.15) is 25.0 Å². The van der Waals surface area contributed by atoms with Crippen molar-refractivity contribution in [1.82, 2.24) is 0 Å². The number of carbonyl (C=O) groups is 1. The van der Waals surface area contributed by atoms with Gasteiger partial charge in [-0.3, -0.25) is 9.10 Å². The Morgan fingerprint density at radius 3 is 2.41 bits per heavy atom. The van der Waals surface area contributed by atoms with Crippen molar-refractivity contribution in [2.45, 2.75) is 38.6 Å². The molecule has 27 heavy (non-hydrogen) atoms. The molecule has 0 aliphatic rings. The van der Waals surface area contributed by atoms with Crippen molar-refractivity contribution < 1.29 is 13.2 Å². The second-order valence-electron chi connectivity index (χ2n) is 6.42. The lowest BCUT2D eigenvalue weighted by molar-refractivity contribution is -0.116. The van der Waals surface area contributed by atoms with E-state index < -0.39 is 16.1 Å². The van der Waals surface area contributed by atoms with Crippen molar-refractivity contribution in [3.05, 3.63) is 53.6 Å². The molecule has 7 heteroatoms. The van der Waals surface area contributed by atoms with E-state index in [9.17, 15) is 13.2 Å². The standard InChI is InChI=1S/C20H26N2O3S2/c1-6-26-19-10-8-7-9-18(19)21-20(23)16(4)22(27(5,24)25)17-12-11-14(2)15(3)13-17/h7-13,16H,6H2,1-5H3,(H,21,23). The fourth-order valence-corrected chi connectivity index (χ4v) is 4.69. The Hall–Kier alpha value is -1.99. The first-order chi connectivity index (χ1) is 12.6. The highest BCUT2D eigenvalue weighted by Gasteiger charge is 2.29. The van der Waals surface area contributed by atoms with Crippen LogP contribution < -0.4 is 9.62 Å². The molecule has 2 rings (SSSR count). The van der Waals surface area contributed by atoms with E-state index in [4.69, 9.17) is 0 Å². The number of sulfonamides is 1. The van der Waals surface area contributed by atoms with Crippen molar-refractivity contribution in [2.75, 3.05) is 21.6 Å². The average molecular weight is 407 g/mol. The number of amides is 1. The highest BCUT2D eigenvalue weighted by molar-refractivity contribution is 7.99. The van der Waals surface area contributed by atoms with Gasteiger partial charge in [-0.1, -0.05) is 25.1 Å². The molecule has 2 aromatic rings. The smallest absolute Gasteiger partial charge is 0.248 e. The van der Waals surface area contributed by atoms with Gasteiger partial charge in [0.1, 0.15) is 6.04 Å². The Morgan fingerprint density at radius 2 is 1.81 bits per heavy atom. The Morgan fingerprint density at radius 1 is 1.15 bits per heavy atom. The van der Waals surface area contributed by atoms with Crippen LogP contribution in [0.2, 0.25) is 0 Å². The number of hydrogen-bond acceptors (Lipinski definition) is 4. The molecular weight excluding hydrogens is 380 g/mol. The number of thioether (sulfide) groups is 1. The van der Waals surface area contributed by atoms with Crippen LogP contribution in [0.5, 0.6) is 0 Å². The molecule has 146 valence electrons. The van der Waals surface area contributed by atoms with Gasteiger partial charge in [0, 0.05) is 4.90 Å². The van der Waals surface area contributed by atoms with E-state index in [2.05, 4.69) is 5.32 Å². The Balaban J connectivity index is 2.34. The Bertz CT molecular complexity index is 927. The number of anilines is 2. The maximum Gasteiger partial charge on any atom is 0.248 e. The number of nitrogens with one attached hydrogen (secondary N) is 1. The molecule has 2 aromatic carbocycles. The fraction of sp³-hybridized carbons (Fsp3) is 0.350. The molecule has 0 saturated heterocycles. The summed E-state index contributed by atoms with van der Waals surface area (Å²) in [5, 5.41) is 2.88. The van der Waals surface area contributed by atoms with Crippen LogP contribution in [0.4, 0.5) is 11.4 Å². The first-order valence-corrected chi connectivity index (χ1v) is 11.6. The number of para-hydroxylation sites is 1. The number of aryl methyl sites for hydroxylation is 2. The summed E-state index contributed by atoms with van der Waals surface area (Å²) in [5.74, 6) is 0.503. The normalized spacial score (nSPS) is 12.5. The SMILES string of the molecule is CCSc1ccccc1NC(=O)C(C)N(c1ccc(C)c(C)c1)S(C)(=O)=O. The quantitative estimate of drug-likeness (QED) is 0.700. The number of hydrogen-bond donors (Lipinski definition) is 1. The highest BCUT2D eigenvalue weighted by atomic mass is 32.2. The number of carbonyl (C=O) groups excluding carboxylic acids is 1. The molecule has 1 unspecified atom stereocenters.